The van der Waals surface area contributed by atoms with E-state index < -0.39 is 10.0 Å². The number of Topliss-reactive ketones (excluding diaryl/α,β-unsaturated/α-hetero) is 1. The van der Waals surface area contributed by atoms with Crippen LogP contribution >= 0.6 is 12.4 Å². The minimum Gasteiger partial charge on any atom is -0.294 e. The molecule has 1 aromatic carbocycles. The standard InChI is InChI=1S/C16H24N2O3S.ClH/c1-13(18-11-5-3-4-6-12-18)16(19)14-7-9-15(10-8-14)17-22(2,20)21;/h7-10,13,17H,3-6,11-12H2,1-2H3;1H. The van der Waals surface area contributed by atoms with Gasteiger partial charge in [-0.25, -0.2) is 8.42 Å². The largest absolute Gasteiger partial charge is 0.294 e. The maximum Gasteiger partial charge on any atom is 0.229 e. The van der Waals surface area contributed by atoms with Gasteiger partial charge in [-0.2, -0.15) is 0 Å². The third-order valence-corrected chi connectivity index (χ3v) is 4.65. The minimum absolute atomic E-state index is 0. The number of nitrogens with zero attached hydrogens (tertiary/aromatic N) is 1. The van der Waals surface area contributed by atoms with Crippen LogP contribution in [-0.2, 0) is 10.0 Å². The van der Waals surface area contributed by atoms with Crippen LogP contribution in [0.25, 0.3) is 0 Å². The molecule has 0 aromatic heterocycles. The van der Waals surface area contributed by atoms with E-state index in [9.17, 15) is 13.2 Å². The van der Waals surface area contributed by atoms with Gasteiger partial charge in [0.05, 0.1) is 12.3 Å². The van der Waals surface area contributed by atoms with Crippen LogP contribution in [0.2, 0.25) is 0 Å². The third-order valence-electron chi connectivity index (χ3n) is 4.04. The van der Waals surface area contributed by atoms with Crippen LogP contribution in [0.5, 0.6) is 0 Å². The molecular weight excluding hydrogens is 336 g/mol. The maximum atomic E-state index is 12.6. The molecule has 1 saturated heterocycles. The number of rotatable bonds is 5. The second-order valence-electron chi connectivity index (χ2n) is 5.94. The number of ketones is 1. The summed E-state index contributed by atoms with van der Waals surface area (Å²) in [6.45, 7) is 3.90. The molecule has 1 fully saturated rings. The van der Waals surface area contributed by atoms with Gasteiger partial charge < -0.3 is 0 Å². The van der Waals surface area contributed by atoms with Gasteiger partial charge in [0.2, 0.25) is 10.0 Å². The number of hydrogen-bond donors (Lipinski definition) is 1. The normalized spacial score (nSPS) is 17.7. The molecule has 2 rings (SSSR count). The maximum absolute atomic E-state index is 12.6. The molecule has 1 aromatic rings. The lowest BCUT2D eigenvalue weighted by Crippen LogP contribution is -2.39. The van der Waals surface area contributed by atoms with Crippen molar-refractivity contribution in [3.05, 3.63) is 29.8 Å². The zero-order valence-electron chi connectivity index (χ0n) is 13.6. The number of benzene rings is 1. The van der Waals surface area contributed by atoms with Crippen molar-refractivity contribution >= 4 is 33.9 Å². The van der Waals surface area contributed by atoms with Gasteiger partial charge in [0.1, 0.15) is 0 Å². The zero-order chi connectivity index (χ0) is 16.2. The molecule has 0 saturated carbocycles. The molecule has 1 aliphatic rings. The van der Waals surface area contributed by atoms with Crippen molar-refractivity contribution in [2.24, 2.45) is 0 Å². The smallest absolute Gasteiger partial charge is 0.229 e. The number of carbonyl (C=O) groups is 1. The Labute approximate surface area is 144 Å². The van der Waals surface area contributed by atoms with Gasteiger partial charge in [0.15, 0.2) is 5.78 Å². The lowest BCUT2D eigenvalue weighted by molar-refractivity contribution is 0.0843. The predicted molar refractivity (Wildman–Crippen MR) is 96.0 cm³/mol. The first-order chi connectivity index (χ1) is 10.4. The molecule has 1 unspecified atom stereocenters. The molecule has 0 aliphatic carbocycles. The average Bonchev–Trinajstić information content (AvgIpc) is 2.74. The first kappa shape index (κ1) is 19.9. The molecule has 5 nitrogen and oxygen atoms in total. The van der Waals surface area contributed by atoms with E-state index in [-0.39, 0.29) is 24.2 Å². The summed E-state index contributed by atoms with van der Waals surface area (Å²) in [5, 5.41) is 0. The van der Waals surface area contributed by atoms with Crippen molar-refractivity contribution in [3.8, 4) is 0 Å². The molecule has 0 spiro atoms. The van der Waals surface area contributed by atoms with E-state index in [1.165, 1.54) is 12.8 Å². The van der Waals surface area contributed by atoms with E-state index in [1.807, 2.05) is 6.92 Å². The fourth-order valence-corrected chi connectivity index (χ4v) is 3.37. The quantitative estimate of drug-likeness (QED) is 0.820. The third kappa shape index (κ3) is 6.12. The van der Waals surface area contributed by atoms with Crippen molar-refractivity contribution in [1.82, 2.24) is 4.90 Å². The number of halogens is 1. The Morgan fingerprint density at radius 3 is 2.09 bits per heavy atom. The van der Waals surface area contributed by atoms with Crippen LogP contribution in [0.15, 0.2) is 24.3 Å². The second-order valence-corrected chi connectivity index (χ2v) is 7.69. The van der Waals surface area contributed by atoms with Crippen LogP contribution in [0.3, 0.4) is 0 Å². The first-order valence-corrected chi connectivity index (χ1v) is 9.62. The number of sulfonamides is 1. The van der Waals surface area contributed by atoms with E-state index in [2.05, 4.69) is 9.62 Å². The molecule has 1 atom stereocenters. The van der Waals surface area contributed by atoms with Crippen LogP contribution < -0.4 is 4.72 Å². The van der Waals surface area contributed by atoms with E-state index in [4.69, 9.17) is 0 Å². The predicted octanol–water partition coefficient (Wildman–Crippen LogP) is 2.93. The molecule has 1 N–H and O–H groups in total. The van der Waals surface area contributed by atoms with Crippen LogP contribution in [-0.4, -0.2) is 44.5 Å². The van der Waals surface area contributed by atoms with E-state index >= 15 is 0 Å². The summed E-state index contributed by atoms with van der Waals surface area (Å²) in [6.07, 6.45) is 5.88. The number of carbonyl (C=O) groups excluding carboxylic acids is 1. The monoisotopic (exact) mass is 360 g/mol. The summed E-state index contributed by atoms with van der Waals surface area (Å²) < 4.78 is 24.8. The summed E-state index contributed by atoms with van der Waals surface area (Å²) in [4.78, 5) is 14.8. The van der Waals surface area contributed by atoms with Gasteiger partial charge in [0.25, 0.3) is 0 Å². The zero-order valence-corrected chi connectivity index (χ0v) is 15.3. The Morgan fingerprint density at radius 2 is 1.61 bits per heavy atom. The Bertz CT molecular complexity index is 609. The van der Waals surface area contributed by atoms with Crippen molar-refractivity contribution in [2.75, 3.05) is 24.1 Å². The number of nitrogens with one attached hydrogen (secondary N) is 1. The van der Waals surface area contributed by atoms with Crippen molar-refractivity contribution in [2.45, 2.75) is 38.6 Å². The molecule has 130 valence electrons. The highest BCUT2D eigenvalue weighted by atomic mass is 35.5. The van der Waals surface area contributed by atoms with Gasteiger partial charge >= 0.3 is 0 Å². The molecule has 1 heterocycles. The summed E-state index contributed by atoms with van der Waals surface area (Å²) in [6, 6.07) is 6.49. The SMILES string of the molecule is CC(C(=O)c1ccc(NS(C)(=O)=O)cc1)N1CCCCCC1.Cl. The summed E-state index contributed by atoms with van der Waals surface area (Å²) in [5.41, 5.74) is 1.09. The van der Waals surface area contributed by atoms with Gasteiger partial charge in [-0.05, 0) is 57.1 Å². The van der Waals surface area contributed by atoms with Crippen molar-refractivity contribution < 1.29 is 13.2 Å². The molecule has 23 heavy (non-hydrogen) atoms. The molecule has 7 heteroatoms. The molecule has 0 bridgehead atoms. The highest BCUT2D eigenvalue weighted by molar-refractivity contribution is 7.92. The van der Waals surface area contributed by atoms with E-state index in [0.29, 0.717) is 11.3 Å². The van der Waals surface area contributed by atoms with Crippen molar-refractivity contribution in [1.29, 1.82) is 0 Å². The van der Waals surface area contributed by atoms with Crippen LogP contribution in [0.1, 0.15) is 43.0 Å². The fourth-order valence-electron chi connectivity index (χ4n) is 2.81. The second kappa shape index (κ2) is 8.66. The first-order valence-electron chi connectivity index (χ1n) is 7.73. The average molecular weight is 361 g/mol. The van der Waals surface area contributed by atoms with Crippen LogP contribution in [0.4, 0.5) is 5.69 Å². The van der Waals surface area contributed by atoms with Gasteiger partial charge in [-0.3, -0.25) is 14.4 Å². The van der Waals surface area contributed by atoms with E-state index in [0.717, 1.165) is 32.2 Å². The van der Waals surface area contributed by atoms with Crippen molar-refractivity contribution in [3.63, 3.8) is 0 Å². The Hall–Kier alpha value is -1.11. The summed E-state index contributed by atoms with van der Waals surface area (Å²) in [5.74, 6) is 0.0906. The number of hydrogen-bond acceptors (Lipinski definition) is 4. The Balaban J connectivity index is 0.00000264. The van der Waals surface area contributed by atoms with Crippen LogP contribution in [0, 0.1) is 0 Å². The topological polar surface area (TPSA) is 66.5 Å². The lowest BCUT2D eigenvalue weighted by atomic mass is 10.0. The highest BCUT2D eigenvalue weighted by Gasteiger charge is 2.23. The molecule has 0 radical (unpaired) electrons. The van der Waals surface area contributed by atoms with Gasteiger partial charge in [-0.15, -0.1) is 12.4 Å². The van der Waals surface area contributed by atoms with Gasteiger partial charge in [-0.1, -0.05) is 12.8 Å². The molecule has 1 aliphatic heterocycles. The van der Waals surface area contributed by atoms with Gasteiger partial charge in [0, 0.05) is 11.3 Å². The number of anilines is 1. The molecular formula is C16H25ClN2O3S. The fraction of sp³-hybridized carbons (Fsp3) is 0.562. The minimum atomic E-state index is -3.29. The summed E-state index contributed by atoms with van der Waals surface area (Å²) >= 11 is 0. The summed E-state index contributed by atoms with van der Waals surface area (Å²) in [7, 11) is -3.29. The number of likely N-dealkylation sites (tertiary alicyclic amines) is 1. The van der Waals surface area contributed by atoms with E-state index in [1.54, 1.807) is 24.3 Å². The Kier molecular flexibility index (Phi) is 7.51. The lowest BCUT2D eigenvalue weighted by Gasteiger charge is -2.26. The Morgan fingerprint density at radius 1 is 1.09 bits per heavy atom. The highest BCUT2D eigenvalue weighted by Crippen LogP contribution is 2.17. The molecule has 0 amide bonds.